The van der Waals surface area contributed by atoms with Crippen molar-refractivity contribution in [3.63, 3.8) is 0 Å². The average molecular weight is 504 g/mol. The summed E-state index contributed by atoms with van der Waals surface area (Å²) in [6.45, 7) is 8.09. The SMILES string of the molecule is CC(C)(O)c1ccc2c(c1)C(=CCCN1CCC(NCc3ccc(Cl)cc3)C1)c1cccnc1CO2. The molecule has 1 saturated heterocycles. The molecule has 5 nitrogen and oxygen atoms in total. The van der Waals surface area contributed by atoms with E-state index < -0.39 is 5.60 Å². The second-order valence-electron chi connectivity index (χ2n) is 10.3. The van der Waals surface area contributed by atoms with Crippen molar-refractivity contribution in [2.24, 2.45) is 0 Å². The molecule has 2 aromatic carbocycles. The fourth-order valence-electron chi connectivity index (χ4n) is 5.01. The number of halogens is 1. The van der Waals surface area contributed by atoms with E-state index >= 15 is 0 Å². The first kappa shape index (κ1) is 25.0. The van der Waals surface area contributed by atoms with Crippen molar-refractivity contribution in [3.8, 4) is 5.75 Å². The summed E-state index contributed by atoms with van der Waals surface area (Å²) in [6.07, 6.45) is 6.22. The van der Waals surface area contributed by atoms with Crippen molar-refractivity contribution >= 4 is 17.2 Å². The van der Waals surface area contributed by atoms with Gasteiger partial charge in [-0.3, -0.25) is 4.98 Å². The van der Waals surface area contributed by atoms with Crippen molar-refractivity contribution in [1.29, 1.82) is 0 Å². The van der Waals surface area contributed by atoms with E-state index in [-0.39, 0.29) is 0 Å². The second-order valence-corrected chi connectivity index (χ2v) is 10.7. The third-order valence-corrected chi connectivity index (χ3v) is 7.35. The maximum atomic E-state index is 10.6. The molecule has 0 amide bonds. The summed E-state index contributed by atoms with van der Waals surface area (Å²) < 4.78 is 6.13. The highest BCUT2D eigenvalue weighted by molar-refractivity contribution is 6.30. The Morgan fingerprint density at radius 1 is 1.17 bits per heavy atom. The van der Waals surface area contributed by atoms with Crippen LogP contribution in [0.5, 0.6) is 5.75 Å². The minimum atomic E-state index is -0.923. The second kappa shape index (κ2) is 10.7. The summed E-state index contributed by atoms with van der Waals surface area (Å²) in [4.78, 5) is 7.12. The molecule has 3 aromatic rings. The van der Waals surface area contributed by atoms with Gasteiger partial charge in [0.2, 0.25) is 0 Å². The molecule has 2 aliphatic rings. The highest BCUT2D eigenvalue weighted by Gasteiger charge is 2.25. The van der Waals surface area contributed by atoms with Gasteiger partial charge in [0, 0.05) is 48.0 Å². The minimum absolute atomic E-state index is 0.440. The molecule has 5 rings (SSSR count). The Labute approximate surface area is 218 Å². The number of pyridine rings is 1. The van der Waals surface area contributed by atoms with Gasteiger partial charge in [0.05, 0.1) is 11.3 Å². The molecule has 0 spiro atoms. The predicted octanol–water partition coefficient (Wildman–Crippen LogP) is 5.54. The van der Waals surface area contributed by atoms with E-state index in [1.807, 2.05) is 50.4 Å². The quantitative estimate of drug-likeness (QED) is 0.443. The Balaban J connectivity index is 1.28. The van der Waals surface area contributed by atoms with Gasteiger partial charge in [-0.15, -0.1) is 0 Å². The Kier molecular flexibility index (Phi) is 7.44. The van der Waals surface area contributed by atoms with Crippen molar-refractivity contribution in [2.75, 3.05) is 19.6 Å². The van der Waals surface area contributed by atoms with E-state index in [0.717, 1.165) is 77.8 Å². The molecule has 0 aliphatic carbocycles. The standard InChI is InChI=1S/C30H34ClN3O2/c1-30(2,35)22-9-12-29-27(17-22)25(26-5-3-14-32-28(26)20-36-29)6-4-15-34-16-13-24(19-34)33-18-21-7-10-23(31)11-8-21/h3,5-12,14,17,24,33,35H,4,13,15-16,18-20H2,1-2H3. The van der Waals surface area contributed by atoms with Crippen molar-refractivity contribution in [1.82, 2.24) is 15.2 Å². The molecular formula is C30H34ClN3O2. The van der Waals surface area contributed by atoms with E-state index in [2.05, 4.69) is 45.5 Å². The average Bonchev–Trinajstić information content (AvgIpc) is 3.26. The van der Waals surface area contributed by atoms with Gasteiger partial charge in [-0.2, -0.15) is 0 Å². The smallest absolute Gasteiger partial charge is 0.131 e. The lowest BCUT2D eigenvalue weighted by atomic mass is 9.90. The number of hydrogen-bond donors (Lipinski definition) is 2. The number of nitrogens with one attached hydrogen (secondary N) is 1. The number of benzene rings is 2. The Bertz CT molecular complexity index is 1230. The van der Waals surface area contributed by atoms with Crippen LogP contribution in [0.15, 0.2) is 66.9 Å². The molecule has 188 valence electrons. The van der Waals surface area contributed by atoms with E-state index in [1.165, 1.54) is 5.56 Å². The van der Waals surface area contributed by atoms with Gasteiger partial charge in [-0.1, -0.05) is 41.9 Å². The third kappa shape index (κ3) is 5.81. The molecule has 0 bridgehead atoms. The number of hydrogen-bond acceptors (Lipinski definition) is 5. The lowest BCUT2D eigenvalue weighted by Crippen LogP contribution is -2.32. The molecule has 2 N–H and O–H groups in total. The molecule has 1 atom stereocenters. The lowest BCUT2D eigenvalue weighted by molar-refractivity contribution is 0.0785. The van der Waals surface area contributed by atoms with Crippen LogP contribution in [-0.4, -0.2) is 40.7 Å². The number of likely N-dealkylation sites (tertiary alicyclic amines) is 1. The normalized spacial score (nSPS) is 19.0. The molecular weight excluding hydrogens is 470 g/mol. The molecule has 3 heterocycles. The summed E-state index contributed by atoms with van der Waals surface area (Å²) in [6, 6.07) is 18.6. The summed E-state index contributed by atoms with van der Waals surface area (Å²) in [5, 5.41) is 15.1. The van der Waals surface area contributed by atoms with Crippen molar-refractivity contribution in [2.45, 2.75) is 51.5 Å². The van der Waals surface area contributed by atoms with Crippen LogP contribution in [-0.2, 0) is 18.8 Å². The van der Waals surface area contributed by atoms with Gasteiger partial charge in [0.25, 0.3) is 0 Å². The Hall–Kier alpha value is -2.70. The molecule has 1 unspecified atom stereocenters. The Morgan fingerprint density at radius 3 is 2.81 bits per heavy atom. The van der Waals surface area contributed by atoms with Gasteiger partial charge < -0.3 is 20.1 Å². The lowest BCUT2D eigenvalue weighted by Gasteiger charge is -2.20. The number of rotatable bonds is 7. The fourth-order valence-corrected chi connectivity index (χ4v) is 5.14. The number of fused-ring (bicyclic) bond motifs is 2. The maximum Gasteiger partial charge on any atom is 0.131 e. The predicted molar refractivity (Wildman–Crippen MR) is 145 cm³/mol. The monoisotopic (exact) mass is 503 g/mol. The molecule has 1 aromatic heterocycles. The largest absolute Gasteiger partial charge is 0.487 e. The highest BCUT2D eigenvalue weighted by atomic mass is 35.5. The first-order valence-electron chi connectivity index (χ1n) is 12.7. The van der Waals surface area contributed by atoms with Crippen LogP contribution in [0.1, 0.15) is 54.6 Å². The molecule has 0 radical (unpaired) electrons. The Morgan fingerprint density at radius 2 is 2.00 bits per heavy atom. The number of aliphatic hydroxyl groups is 1. The molecule has 2 aliphatic heterocycles. The number of nitrogens with zero attached hydrogens (tertiary/aromatic N) is 2. The summed E-state index contributed by atoms with van der Waals surface area (Å²) in [5.41, 5.74) is 5.41. The number of aromatic nitrogens is 1. The molecule has 36 heavy (non-hydrogen) atoms. The maximum absolute atomic E-state index is 10.6. The van der Waals surface area contributed by atoms with Gasteiger partial charge in [-0.25, -0.2) is 0 Å². The third-order valence-electron chi connectivity index (χ3n) is 7.10. The van der Waals surface area contributed by atoms with Gasteiger partial charge in [0.15, 0.2) is 0 Å². The van der Waals surface area contributed by atoms with Crippen LogP contribution in [0.3, 0.4) is 0 Å². The number of ether oxygens (including phenoxy) is 1. The molecule has 0 saturated carbocycles. The van der Waals surface area contributed by atoms with Crippen molar-refractivity contribution in [3.05, 3.63) is 99.8 Å². The fraction of sp³-hybridized carbons (Fsp3) is 0.367. The van der Waals surface area contributed by atoms with E-state index in [4.69, 9.17) is 16.3 Å². The zero-order valence-corrected chi connectivity index (χ0v) is 21.8. The topological polar surface area (TPSA) is 57.6 Å². The summed E-state index contributed by atoms with van der Waals surface area (Å²) >= 11 is 6.00. The van der Waals surface area contributed by atoms with Crippen LogP contribution >= 0.6 is 11.6 Å². The van der Waals surface area contributed by atoms with Gasteiger partial charge in [0.1, 0.15) is 12.4 Å². The molecule has 1 fully saturated rings. The van der Waals surface area contributed by atoms with E-state index in [9.17, 15) is 5.11 Å². The van der Waals surface area contributed by atoms with Crippen LogP contribution in [0, 0.1) is 0 Å². The zero-order valence-electron chi connectivity index (χ0n) is 21.0. The van der Waals surface area contributed by atoms with Gasteiger partial charge in [-0.05, 0) is 80.3 Å². The van der Waals surface area contributed by atoms with E-state index in [1.54, 1.807) is 0 Å². The summed E-state index contributed by atoms with van der Waals surface area (Å²) in [7, 11) is 0. The van der Waals surface area contributed by atoms with Gasteiger partial charge >= 0.3 is 0 Å². The summed E-state index contributed by atoms with van der Waals surface area (Å²) in [5.74, 6) is 0.833. The van der Waals surface area contributed by atoms with Crippen LogP contribution < -0.4 is 10.1 Å². The van der Waals surface area contributed by atoms with Crippen LogP contribution in [0.4, 0.5) is 0 Å². The van der Waals surface area contributed by atoms with Crippen LogP contribution in [0.25, 0.3) is 5.57 Å². The first-order valence-corrected chi connectivity index (χ1v) is 13.1. The van der Waals surface area contributed by atoms with E-state index in [0.29, 0.717) is 12.6 Å². The van der Waals surface area contributed by atoms with Crippen LogP contribution in [0.2, 0.25) is 5.02 Å². The zero-order chi connectivity index (χ0) is 25.1. The molecule has 6 heteroatoms. The highest BCUT2D eigenvalue weighted by Crippen LogP contribution is 2.38. The first-order chi connectivity index (χ1) is 17.4. The minimum Gasteiger partial charge on any atom is -0.487 e. The van der Waals surface area contributed by atoms with Crippen molar-refractivity contribution < 1.29 is 9.84 Å².